The molecule has 3 heterocycles. The maximum absolute atomic E-state index is 14.3. The number of ether oxygens (including phenoxy) is 1. The Morgan fingerprint density at radius 3 is 2.44 bits per heavy atom. The summed E-state index contributed by atoms with van der Waals surface area (Å²) < 4.78 is 11.1. The van der Waals surface area contributed by atoms with Crippen molar-refractivity contribution >= 4 is 79.5 Å². The van der Waals surface area contributed by atoms with Crippen LogP contribution in [0, 0.1) is 17.8 Å². The number of benzene rings is 3. The monoisotopic (exact) mass is 749 g/mol. The quantitative estimate of drug-likeness (QED) is 0.112. The molecule has 2 aliphatic heterocycles. The molecule has 1 saturated carbocycles. The van der Waals surface area contributed by atoms with Crippen molar-refractivity contribution in [1.82, 2.24) is 9.88 Å². The zero-order valence-electron chi connectivity index (χ0n) is 25.2. The van der Waals surface area contributed by atoms with E-state index in [4.69, 9.17) is 32.4 Å². The number of rotatable bonds is 5. The number of hydrogen-bond donors (Lipinski definition) is 1. The van der Waals surface area contributed by atoms with Crippen molar-refractivity contribution in [3.05, 3.63) is 83.9 Å². The Kier molecular flexibility index (Phi) is 7.07. The predicted octanol–water partition coefficient (Wildman–Crippen LogP) is 6.12. The number of fused-ring (bicyclic) bond motifs is 5. The van der Waals surface area contributed by atoms with Gasteiger partial charge in [-0.1, -0.05) is 45.8 Å². The zero-order chi connectivity index (χ0) is 33.7. The summed E-state index contributed by atoms with van der Waals surface area (Å²) in [6.07, 6.45) is 1.86. The molecule has 6 unspecified atom stereocenters. The van der Waals surface area contributed by atoms with Crippen LogP contribution in [0.2, 0.25) is 0 Å². The molecule has 1 aromatic heterocycles. The third-order valence-electron chi connectivity index (χ3n) is 10.2. The molecule has 3 fully saturated rings. The highest BCUT2D eigenvalue weighted by Crippen LogP contribution is 2.66. The van der Waals surface area contributed by atoms with E-state index < -0.39 is 51.1 Å². The van der Waals surface area contributed by atoms with E-state index in [2.05, 4.69) is 20.9 Å². The Morgan fingerprint density at radius 1 is 1.00 bits per heavy atom. The van der Waals surface area contributed by atoms with Crippen LogP contribution in [0.25, 0.3) is 22.6 Å². The molecular formula is C35H26BrCl2N3O7. The normalized spacial score (nSPS) is 29.6. The van der Waals surface area contributed by atoms with Crippen molar-refractivity contribution in [2.45, 2.75) is 28.5 Å². The van der Waals surface area contributed by atoms with Crippen LogP contribution in [-0.4, -0.2) is 60.9 Å². The molecule has 6 atom stereocenters. The number of alkyl halides is 3. The molecule has 2 saturated heterocycles. The second-order valence-electron chi connectivity index (χ2n) is 12.5. The minimum absolute atomic E-state index is 0.143. The summed E-state index contributed by atoms with van der Waals surface area (Å²) in [5.41, 5.74) is 3.10. The Hall–Kier alpha value is -4.19. The number of likely N-dealkylation sites (tertiary alicyclic amines) is 1. The number of para-hydroxylation sites is 2. The van der Waals surface area contributed by atoms with Crippen LogP contribution in [0.1, 0.15) is 24.3 Å². The lowest BCUT2D eigenvalue weighted by Gasteiger charge is -2.50. The largest absolute Gasteiger partial charge is 0.508 e. The van der Waals surface area contributed by atoms with Crippen LogP contribution < -0.4 is 9.64 Å². The standard InChI is InChI=1S/C35H26BrCl2N3O7/c1-47-19-10-11-21(25(42)14-19)28-20-12-13-22-27(23(20)15-34(37)32(45)40(16-36)33(46)35(28,34)38)31(44)41(30(22)43)18-8-6-17(7-9-18)29-39-24-4-2-3-5-26(24)48-29/h2-12,14,22-23,27-28,42H,13,15-16H2,1H3. The first-order chi connectivity index (χ1) is 23.0. The summed E-state index contributed by atoms with van der Waals surface area (Å²) in [4.78, 5) is 58.8. The molecule has 0 spiro atoms. The van der Waals surface area contributed by atoms with Gasteiger partial charge < -0.3 is 14.3 Å². The molecule has 4 amide bonds. The molecular weight excluding hydrogens is 725 g/mol. The van der Waals surface area contributed by atoms with E-state index in [1.165, 1.54) is 18.1 Å². The summed E-state index contributed by atoms with van der Waals surface area (Å²) in [6, 6.07) is 18.8. The second kappa shape index (κ2) is 10.9. The van der Waals surface area contributed by atoms with Gasteiger partial charge in [-0.2, -0.15) is 0 Å². The van der Waals surface area contributed by atoms with Gasteiger partial charge in [0.05, 0.1) is 30.1 Å². The fourth-order valence-electron chi connectivity index (χ4n) is 8.00. The number of phenols is 1. The molecule has 4 aliphatic rings. The molecule has 8 rings (SSSR count). The van der Waals surface area contributed by atoms with Gasteiger partial charge >= 0.3 is 0 Å². The number of carbonyl (C=O) groups excluding carboxylic acids is 4. The van der Waals surface area contributed by atoms with E-state index in [9.17, 15) is 24.3 Å². The number of hydrogen-bond acceptors (Lipinski definition) is 8. The lowest BCUT2D eigenvalue weighted by atomic mass is 9.56. The topological polar surface area (TPSA) is 130 Å². The van der Waals surface area contributed by atoms with Gasteiger partial charge in [0.25, 0.3) is 11.8 Å². The van der Waals surface area contributed by atoms with Crippen LogP contribution in [0.5, 0.6) is 11.5 Å². The number of phenolic OH excluding ortho intramolecular Hbond substituents is 1. The fourth-order valence-corrected chi connectivity index (χ4v) is 9.41. The number of carbonyl (C=O) groups is 4. The number of halogens is 3. The summed E-state index contributed by atoms with van der Waals surface area (Å²) in [5, 5.41) is 11.2. The Balaban J connectivity index is 1.19. The average Bonchev–Trinajstić information content (AvgIpc) is 3.68. The molecule has 48 heavy (non-hydrogen) atoms. The molecule has 244 valence electrons. The smallest absolute Gasteiger partial charge is 0.254 e. The molecule has 2 aliphatic carbocycles. The Labute approximate surface area is 292 Å². The number of aromatic nitrogens is 1. The van der Waals surface area contributed by atoms with Gasteiger partial charge in [-0.25, -0.2) is 4.98 Å². The van der Waals surface area contributed by atoms with Crippen molar-refractivity contribution in [1.29, 1.82) is 0 Å². The highest BCUT2D eigenvalue weighted by atomic mass is 79.9. The van der Waals surface area contributed by atoms with Crippen LogP contribution in [0.15, 0.2) is 82.8 Å². The molecule has 3 aromatic carbocycles. The number of methoxy groups -OCH3 is 1. The number of allylic oxidation sites excluding steroid dienone is 2. The summed E-state index contributed by atoms with van der Waals surface area (Å²) >= 11 is 17.7. The van der Waals surface area contributed by atoms with Gasteiger partial charge in [0.15, 0.2) is 15.3 Å². The first kappa shape index (κ1) is 31.1. The van der Waals surface area contributed by atoms with E-state index in [1.54, 1.807) is 36.4 Å². The molecule has 13 heteroatoms. The fraction of sp³-hybridized carbons (Fsp3) is 0.286. The average molecular weight is 751 g/mol. The number of amides is 4. The third kappa shape index (κ3) is 4.07. The van der Waals surface area contributed by atoms with Crippen molar-refractivity contribution < 1.29 is 33.4 Å². The van der Waals surface area contributed by atoms with Gasteiger partial charge in [-0.3, -0.25) is 29.0 Å². The van der Waals surface area contributed by atoms with E-state index >= 15 is 0 Å². The maximum atomic E-state index is 14.3. The van der Waals surface area contributed by atoms with Gasteiger partial charge in [-0.15, -0.1) is 23.2 Å². The number of anilines is 1. The molecule has 1 N–H and O–H groups in total. The highest BCUT2D eigenvalue weighted by molar-refractivity contribution is 9.09. The van der Waals surface area contributed by atoms with Gasteiger partial charge in [0.1, 0.15) is 17.0 Å². The van der Waals surface area contributed by atoms with Crippen molar-refractivity contribution in [3.8, 4) is 23.0 Å². The molecule has 0 bridgehead atoms. The number of aromatic hydroxyl groups is 1. The third-order valence-corrected chi connectivity index (χ3v) is 12.1. The van der Waals surface area contributed by atoms with Crippen molar-refractivity contribution in [2.24, 2.45) is 17.8 Å². The maximum Gasteiger partial charge on any atom is 0.254 e. The van der Waals surface area contributed by atoms with Crippen LogP contribution >= 0.6 is 39.1 Å². The van der Waals surface area contributed by atoms with Gasteiger partial charge in [0.2, 0.25) is 17.7 Å². The zero-order valence-corrected chi connectivity index (χ0v) is 28.3. The lowest BCUT2D eigenvalue weighted by molar-refractivity contribution is -0.138. The first-order valence-corrected chi connectivity index (χ1v) is 17.1. The van der Waals surface area contributed by atoms with E-state index in [0.717, 1.165) is 4.90 Å². The van der Waals surface area contributed by atoms with Crippen LogP contribution in [0.3, 0.4) is 0 Å². The van der Waals surface area contributed by atoms with Crippen molar-refractivity contribution in [2.75, 3.05) is 17.5 Å². The van der Waals surface area contributed by atoms with Gasteiger partial charge in [-0.05, 0) is 61.2 Å². The first-order valence-electron chi connectivity index (χ1n) is 15.2. The highest BCUT2D eigenvalue weighted by Gasteiger charge is 2.76. The van der Waals surface area contributed by atoms with Crippen molar-refractivity contribution in [3.63, 3.8) is 0 Å². The summed E-state index contributed by atoms with van der Waals surface area (Å²) in [5.74, 6) is -5.09. The minimum atomic E-state index is -2.02. The molecule has 0 radical (unpaired) electrons. The molecule has 10 nitrogen and oxygen atoms in total. The minimum Gasteiger partial charge on any atom is -0.508 e. The number of nitrogens with zero attached hydrogens (tertiary/aromatic N) is 3. The SMILES string of the molecule is COc1ccc(C2C3=CCC4C(=O)N(c5ccc(-c6nc7ccccc7o6)cc5)C(=O)C4C3CC3(Cl)C(=O)N(CBr)C(=O)C23Cl)c(O)c1. The summed E-state index contributed by atoms with van der Waals surface area (Å²) in [6.45, 7) is 0. The van der Waals surface area contributed by atoms with Crippen LogP contribution in [-0.2, 0) is 19.2 Å². The van der Waals surface area contributed by atoms with E-state index in [1.807, 2.05) is 30.3 Å². The van der Waals surface area contributed by atoms with Gasteiger partial charge in [0, 0.05) is 23.1 Å². The van der Waals surface area contributed by atoms with E-state index in [0.29, 0.717) is 39.6 Å². The van der Waals surface area contributed by atoms with Crippen LogP contribution in [0.4, 0.5) is 5.69 Å². The lowest BCUT2D eigenvalue weighted by Crippen LogP contribution is -2.60. The number of imide groups is 2. The second-order valence-corrected chi connectivity index (χ2v) is 14.2. The predicted molar refractivity (Wildman–Crippen MR) is 180 cm³/mol. The van der Waals surface area contributed by atoms with E-state index in [-0.39, 0.29) is 35.5 Å². The summed E-state index contributed by atoms with van der Waals surface area (Å²) in [7, 11) is 1.45. The Bertz CT molecular complexity index is 2070. The molecule has 4 aromatic rings. The number of oxazole rings is 1. The Morgan fingerprint density at radius 2 is 1.75 bits per heavy atom.